The van der Waals surface area contributed by atoms with Crippen LogP contribution in [-0.4, -0.2) is 9.97 Å². The van der Waals surface area contributed by atoms with Gasteiger partial charge in [-0.15, -0.1) is 0 Å². The predicted molar refractivity (Wildman–Crippen MR) is 158 cm³/mol. The van der Waals surface area contributed by atoms with Crippen molar-refractivity contribution in [1.82, 2.24) is 9.97 Å². The second kappa shape index (κ2) is 7.51. The molecular weight excluding hydrogens is 467 g/mol. The smallest absolute Gasteiger partial charge is 0.102 e. The third-order valence-electron chi connectivity index (χ3n) is 8.37. The van der Waals surface area contributed by atoms with E-state index in [1.807, 2.05) is 6.33 Å². The Morgan fingerprint density at radius 2 is 1.38 bits per heavy atom. The third-order valence-corrected chi connectivity index (χ3v) is 11.1. The monoisotopic (exact) mass is 493 g/mol. The second-order valence-electron chi connectivity index (χ2n) is 10.7. The van der Waals surface area contributed by atoms with Gasteiger partial charge in [0.1, 0.15) is 15.9 Å². The fourth-order valence-corrected chi connectivity index (χ4v) is 9.25. The average Bonchev–Trinajstić information content (AvgIpc) is 3.59. The molecule has 0 saturated carbocycles. The summed E-state index contributed by atoms with van der Waals surface area (Å²) in [4.78, 5) is 8.09. The molecule has 5 aromatic carbocycles. The van der Waals surface area contributed by atoms with E-state index in [2.05, 4.69) is 122 Å². The summed E-state index contributed by atoms with van der Waals surface area (Å²) < 4.78 is 0. The largest absolute Gasteiger partial charge is 0.344 e. The minimum atomic E-state index is -1.13. The van der Waals surface area contributed by atoms with E-state index in [4.69, 9.17) is 4.98 Å². The molecule has 2 nitrogen and oxygen atoms in total. The molecule has 0 bridgehead atoms. The molecule has 1 heterocycles. The normalized spacial score (nSPS) is 14.1. The minimum absolute atomic E-state index is 0.0964. The highest BCUT2D eigenvalue weighted by atomic mass is 31.1. The molecule has 0 fully saturated rings. The van der Waals surface area contributed by atoms with E-state index in [0.29, 0.717) is 0 Å². The average molecular weight is 494 g/mol. The predicted octanol–water partition coefficient (Wildman–Crippen LogP) is 7.01. The Kier molecular flexibility index (Phi) is 4.29. The van der Waals surface area contributed by atoms with Crippen LogP contribution in [0.3, 0.4) is 0 Å². The van der Waals surface area contributed by atoms with Gasteiger partial charge in [0.25, 0.3) is 0 Å². The van der Waals surface area contributed by atoms with Gasteiger partial charge in [-0.1, -0.05) is 74.5 Å². The summed E-state index contributed by atoms with van der Waals surface area (Å²) in [5.74, 6) is 0. The van der Waals surface area contributed by atoms with Gasteiger partial charge in [0.2, 0.25) is 0 Å². The zero-order valence-electron chi connectivity index (χ0n) is 20.8. The fourth-order valence-electron chi connectivity index (χ4n) is 6.66. The lowest BCUT2D eigenvalue weighted by atomic mass is 9.81. The summed E-state index contributed by atoms with van der Waals surface area (Å²) in [5.41, 5.74) is 10.3. The van der Waals surface area contributed by atoms with E-state index >= 15 is 0 Å². The Hall–Kier alpha value is -4.00. The molecule has 176 valence electrons. The van der Waals surface area contributed by atoms with Crippen LogP contribution in [0.5, 0.6) is 0 Å². The molecule has 2 aliphatic carbocycles. The van der Waals surface area contributed by atoms with Crippen molar-refractivity contribution in [3.05, 3.63) is 121 Å². The molecule has 1 aromatic heterocycles. The number of hydrogen-bond acceptors (Lipinski definition) is 1. The zero-order chi connectivity index (χ0) is 24.7. The number of imidazole rings is 1. The lowest BCUT2D eigenvalue weighted by Gasteiger charge is -2.23. The summed E-state index contributed by atoms with van der Waals surface area (Å²) in [6, 6.07) is 38.5. The maximum atomic E-state index is 4.71. The molecule has 8 rings (SSSR count). The van der Waals surface area contributed by atoms with Gasteiger partial charge in [-0.2, -0.15) is 0 Å². The Morgan fingerprint density at radius 3 is 2.11 bits per heavy atom. The summed E-state index contributed by atoms with van der Waals surface area (Å²) in [6.07, 6.45) is 1.82. The highest BCUT2D eigenvalue weighted by Gasteiger charge is 2.40. The van der Waals surface area contributed by atoms with Crippen molar-refractivity contribution >= 4 is 34.6 Å². The number of fused-ring (bicyclic) bond motifs is 7. The van der Waals surface area contributed by atoms with Crippen molar-refractivity contribution in [2.24, 2.45) is 0 Å². The van der Waals surface area contributed by atoms with E-state index in [1.54, 1.807) is 0 Å². The van der Waals surface area contributed by atoms with Gasteiger partial charge in [-0.3, -0.25) is 0 Å². The number of aromatic nitrogens is 2. The van der Waals surface area contributed by atoms with Gasteiger partial charge < -0.3 is 4.98 Å². The van der Waals surface area contributed by atoms with E-state index < -0.39 is 7.92 Å². The lowest BCUT2D eigenvalue weighted by molar-refractivity contribution is 0.661. The molecular formula is C34H26N2P+. The van der Waals surface area contributed by atoms with Crippen molar-refractivity contribution in [1.29, 1.82) is 0 Å². The van der Waals surface area contributed by atoms with E-state index in [9.17, 15) is 0 Å². The molecule has 2 aliphatic rings. The quantitative estimate of drug-likeness (QED) is 0.264. The van der Waals surface area contributed by atoms with Gasteiger partial charge in [0, 0.05) is 21.9 Å². The first-order chi connectivity index (χ1) is 18.1. The molecule has 0 amide bonds. The molecule has 37 heavy (non-hydrogen) atoms. The van der Waals surface area contributed by atoms with E-state index in [0.717, 1.165) is 11.4 Å². The minimum Gasteiger partial charge on any atom is -0.344 e. The van der Waals surface area contributed by atoms with Crippen LogP contribution in [0.15, 0.2) is 109 Å². The number of nitrogens with one attached hydrogen (secondary N) is 1. The van der Waals surface area contributed by atoms with Crippen molar-refractivity contribution in [2.75, 3.05) is 0 Å². The SMILES string of the molecule is CC1(C)c2cc([PH+](c3ccccc3)c3ccccc3)ccc2-c2c1cc1c3c(cccc23)-c2[nH]cnc2-1. The molecule has 0 saturated heterocycles. The van der Waals surface area contributed by atoms with Crippen molar-refractivity contribution in [3.8, 4) is 33.6 Å². The highest BCUT2D eigenvalue weighted by molar-refractivity contribution is 7.79. The van der Waals surface area contributed by atoms with Gasteiger partial charge >= 0.3 is 0 Å². The van der Waals surface area contributed by atoms with Crippen LogP contribution in [0.25, 0.3) is 44.4 Å². The molecule has 3 heteroatoms. The van der Waals surface area contributed by atoms with E-state index in [1.165, 1.54) is 60.1 Å². The van der Waals surface area contributed by atoms with Crippen LogP contribution in [-0.2, 0) is 5.41 Å². The zero-order valence-corrected chi connectivity index (χ0v) is 21.8. The Bertz CT molecular complexity index is 1810. The van der Waals surface area contributed by atoms with Crippen molar-refractivity contribution < 1.29 is 0 Å². The first-order valence-corrected chi connectivity index (χ1v) is 14.4. The molecule has 1 N–H and O–H groups in total. The van der Waals surface area contributed by atoms with Gasteiger partial charge in [-0.05, 0) is 70.1 Å². The molecule has 0 spiro atoms. The lowest BCUT2D eigenvalue weighted by Crippen LogP contribution is -2.23. The molecule has 0 atom stereocenters. The Labute approximate surface area is 217 Å². The molecule has 0 unspecified atom stereocenters. The van der Waals surface area contributed by atoms with Gasteiger partial charge in [-0.25, -0.2) is 4.98 Å². The number of aromatic amines is 1. The maximum Gasteiger partial charge on any atom is 0.102 e. The summed E-state index contributed by atoms with van der Waals surface area (Å²) in [7, 11) is -1.13. The summed E-state index contributed by atoms with van der Waals surface area (Å²) >= 11 is 0. The number of benzene rings is 5. The maximum absolute atomic E-state index is 4.71. The number of rotatable bonds is 3. The number of nitrogens with zero attached hydrogens (tertiary/aromatic N) is 1. The van der Waals surface area contributed by atoms with Crippen LogP contribution in [0.2, 0.25) is 0 Å². The first kappa shape index (κ1) is 21.1. The van der Waals surface area contributed by atoms with Crippen LogP contribution in [0.1, 0.15) is 25.0 Å². The highest BCUT2D eigenvalue weighted by Crippen LogP contribution is 2.56. The fraction of sp³-hybridized carbons (Fsp3) is 0.0882. The molecule has 6 aromatic rings. The van der Waals surface area contributed by atoms with Crippen molar-refractivity contribution in [3.63, 3.8) is 0 Å². The Morgan fingerprint density at radius 1 is 0.649 bits per heavy atom. The van der Waals surface area contributed by atoms with Gasteiger partial charge in [0.15, 0.2) is 0 Å². The number of H-pyrrole nitrogens is 1. The van der Waals surface area contributed by atoms with Gasteiger partial charge in [0.05, 0.1) is 25.6 Å². The van der Waals surface area contributed by atoms with E-state index in [-0.39, 0.29) is 5.41 Å². The first-order valence-electron chi connectivity index (χ1n) is 12.9. The molecule has 0 radical (unpaired) electrons. The summed E-state index contributed by atoms with van der Waals surface area (Å²) in [5, 5.41) is 6.96. The topological polar surface area (TPSA) is 28.7 Å². The number of hydrogen-bond donors (Lipinski definition) is 1. The van der Waals surface area contributed by atoms with Crippen LogP contribution < -0.4 is 15.9 Å². The summed E-state index contributed by atoms with van der Waals surface area (Å²) in [6.45, 7) is 4.78. The standard InChI is InChI=1S/C34H25N2P/c1-34(2)28-18-23(37(21-10-5-3-6-11-21)22-12-7-4-8-13-22)16-17-24(28)31-25-14-9-15-26-30(25)27(19-29(31)34)33-32(26)35-20-36-33/h3-20H,1-2H3,(H,35,36)/p+1. The van der Waals surface area contributed by atoms with Crippen molar-refractivity contribution in [2.45, 2.75) is 19.3 Å². The molecule has 0 aliphatic heterocycles. The Balaban J connectivity index is 1.37. The third kappa shape index (κ3) is 2.82. The second-order valence-corrected chi connectivity index (χ2v) is 13.2. The van der Waals surface area contributed by atoms with Crippen LogP contribution >= 0.6 is 7.92 Å². The van der Waals surface area contributed by atoms with Crippen LogP contribution in [0, 0.1) is 0 Å². The van der Waals surface area contributed by atoms with Crippen LogP contribution in [0.4, 0.5) is 0 Å².